The van der Waals surface area contributed by atoms with Crippen LogP contribution in [0.25, 0.3) is 43.8 Å². The van der Waals surface area contributed by atoms with Gasteiger partial charge in [0.05, 0.1) is 0 Å². The smallest absolute Gasteiger partial charge is 0.189 e. The molecular formula is C47H62O3P+. The molecule has 51 heavy (non-hydrogen) atoms. The topological polar surface area (TPSA) is 60.7 Å². The average Bonchev–Trinajstić information content (AvgIpc) is 3.09. The Morgan fingerprint density at radius 1 is 0.451 bits per heavy atom. The second-order valence-electron chi connectivity index (χ2n) is 17.6. The maximum Gasteiger partial charge on any atom is 0.441 e. The van der Waals surface area contributed by atoms with Crippen molar-refractivity contribution in [2.75, 3.05) is 0 Å². The highest BCUT2D eigenvalue weighted by Crippen LogP contribution is 2.53. The molecule has 0 radical (unpaired) electrons. The van der Waals surface area contributed by atoms with Gasteiger partial charge in [0.2, 0.25) is 0 Å². The SMILES string of the molecule is CCC(C)(C)c1ccc2cc(-c3ccc(C)c([P+](O)(O)O)c3-c3cc4ccc(C(C)(C)CC)cc4cc3C(C)(C)CC)c(C(C)(C)CC)cc2c1. The van der Waals surface area contributed by atoms with E-state index in [0.29, 0.717) is 11.1 Å². The van der Waals surface area contributed by atoms with Crippen LogP contribution in [-0.4, -0.2) is 14.7 Å². The summed E-state index contributed by atoms with van der Waals surface area (Å²) in [6.07, 6.45) is 3.90. The van der Waals surface area contributed by atoms with E-state index in [4.69, 9.17) is 0 Å². The van der Waals surface area contributed by atoms with Gasteiger partial charge in [-0.1, -0.05) is 132 Å². The first-order valence-electron chi connectivity index (χ1n) is 19.0. The van der Waals surface area contributed by atoms with E-state index in [0.717, 1.165) is 58.7 Å². The zero-order chi connectivity index (χ0) is 37.9. The molecule has 4 heteroatoms. The standard InChI is InChI=1S/C47H62O3P/c1-14-44(6,7)35-21-19-31-26-38(40(28-33(31)24-35)46(10,11)16-3)37-23-18-30(5)43(51(48,49)50)42(37)39-27-32-20-22-36(45(8,9)15-2)25-34(32)29-41(39)47(12,13)17-4/h18-29,48-50H,14-17H2,1-13H3/q+1. The van der Waals surface area contributed by atoms with Crippen molar-refractivity contribution < 1.29 is 14.7 Å². The van der Waals surface area contributed by atoms with Crippen LogP contribution in [0.4, 0.5) is 0 Å². The Morgan fingerprint density at radius 2 is 0.863 bits per heavy atom. The van der Waals surface area contributed by atoms with Crippen molar-refractivity contribution >= 4 is 34.8 Å². The molecule has 5 rings (SSSR count). The third-order valence-electron chi connectivity index (χ3n) is 12.7. The minimum absolute atomic E-state index is 0.0462. The summed E-state index contributed by atoms with van der Waals surface area (Å²) in [5, 5.41) is 4.84. The summed E-state index contributed by atoms with van der Waals surface area (Å²) in [5.74, 6) is 0. The van der Waals surface area contributed by atoms with Gasteiger partial charge in [-0.15, -0.1) is 0 Å². The van der Waals surface area contributed by atoms with Crippen LogP contribution in [0.3, 0.4) is 0 Å². The Kier molecular flexibility index (Phi) is 10.5. The van der Waals surface area contributed by atoms with E-state index in [1.807, 2.05) is 13.0 Å². The monoisotopic (exact) mass is 705 g/mol. The number of rotatable bonds is 11. The second-order valence-corrected chi connectivity index (χ2v) is 19.2. The normalized spacial score (nSPS) is 13.4. The largest absolute Gasteiger partial charge is 0.441 e. The van der Waals surface area contributed by atoms with E-state index in [2.05, 4.69) is 150 Å². The Hall–Kier alpha value is -3.07. The first kappa shape index (κ1) is 39.1. The maximum atomic E-state index is 11.3. The summed E-state index contributed by atoms with van der Waals surface area (Å²) < 4.78 is 0. The number of aryl methyl sites for hydroxylation is 1. The van der Waals surface area contributed by atoms with Crippen LogP contribution in [0.5, 0.6) is 0 Å². The van der Waals surface area contributed by atoms with Gasteiger partial charge in [-0.05, 0) is 139 Å². The molecule has 3 N–H and O–H groups in total. The number of benzene rings is 5. The molecule has 0 bridgehead atoms. The molecule has 5 aromatic rings. The van der Waals surface area contributed by atoms with Gasteiger partial charge in [0.1, 0.15) is 0 Å². The third kappa shape index (κ3) is 7.30. The summed E-state index contributed by atoms with van der Waals surface area (Å²) in [5.41, 5.74) is 8.95. The minimum atomic E-state index is -4.47. The van der Waals surface area contributed by atoms with Crippen molar-refractivity contribution in [2.24, 2.45) is 0 Å². The number of fused-ring (bicyclic) bond motifs is 2. The highest BCUT2D eigenvalue weighted by molar-refractivity contribution is 7.67. The molecule has 0 atom stereocenters. The third-order valence-corrected chi connectivity index (χ3v) is 13.9. The molecule has 0 aliphatic heterocycles. The van der Waals surface area contributed by atoms with E-state index in [-0.39, 0.29) is 27.0 Å². The molecule has 0 heterocycles. The summed E-state index contributed by atoms with van der Waals surface area (Å²) in [4.78, 5) is 33.9. The molecule has 0 aliphatic rings. The van der Waals surface area contributed by atoms with E-state index in [1.165, 1.54) is 27.5 Å². The van der Waals surface area contributed by atoms with E-state index >= 15 is 0 Å². The fraction of sp³-hybridized carbons (Fsp3) is 0.447. The molecule has 272 valence electrons. The summed E-state index contributed by atoms with van der Waals surface area (Å²) in [6.45, 7) is 29.1. The molecule has 0 unspecified atom stereocenters. The van der Waals surface area contributed by atoms with Crippen LogP contribution in [0, 0.1) is 6.92 Å². The van der Waals surface area contributed by atoms with Crippen molar-refractivity contribution in [2.45, 2.75) is 137 Å². The van der Waals surface area contributed by atoms with Crippen molar-refractivity contribution in [1.82, 2.24) is 0 Å². The van der Waals surface area contributed by atoms with Gasteiger partial charge in [0.25, 0.3) is 0 Å². The fourth-order valence-corrected chi connectivity index (χ4v) is 8.44. The Balaban J connectivity index is 1.97. The van der Waals surface area contributed by atoms with Crippen LogP contribution in [0.1, 0.15) is 137 Å². The van der Waals surface area contributed by atoms with Crippen LogP contribution in [0.2, 0.25) is 0 Å². The van der Waals surface area contributed by atoms with Crippen LogP contribution in [-0.2, 0) is 21.7 Å². The van der Waals surface area contributed by atoms with Gasteiger partial charge in [-0.25, -0.2) is 0 Å². The molecule has 0 spiro atoms. The average molecular weight is 706 g/mol. The quantitative estimate of drug-likeness (QED) is 0.120. The zero-order valence-electron chi connectivity index (χ0n) is 33.5. The zero-order valence-corrected chi connectivity index (χ0v) is 34.4. The molecule has 0 saturated carbocycles. The van der Waals surface area contributed by atoms with E-state index in [9.17, 15) is 14.7 Å². The predicted octanol–water partition coefficient (Wildman–Crippen LogP) is 12.8. The lowest BCUT2D eigenvalue weighted by atomic mass is 9.73. The Morgan fingerprint density at radius 3 is 1.27 bits per heavy atom. The molecule has 3 nitrogen and oxygen atoms in total. The number of hydrogen-bond acceptors (Lipinski definition) is 3. The van der Waals surface area contributed by atoms with Crippen LogP contribution >= 0.6 is 7.94 Å². The van der Waals surface area contributed by atoms with E-state index < -0.39 is 7.94 Å². The fourth-order valence-electron chi connectivity index (χ4n) is 7.36. The molecule has 5 aromatic carbocycles. The first-order valence-corrected chi connectivity index (χ1v) is 20.7. The van der Waals surface area contributed by atoms with Crippen molar-refractivity contribution in [3.63, 3.8) is 0 Å². The molecule has 0 aliphatic carbocycles. The van der Waals surface area contributed by atoms with Gasteiger partial charge in [0, 0.05) is 11.1 Å². The highest BCUT2D eigenvalue weighted by atomic mass is 31.2. The summed E-state index contributed by atoms with van der Waals surface area (Å²) >= 11 is 0. The second kappa shape index (κ2) is 13.7. The lowest BCUT2D eigenvalue weighted by Gasteiger charge is -2.31. The molecule has 0 aromatic heterocycles. The van der Waals surface area contributed by atoms with Crippen LogP contribution in [0.15, 0.2) is 72.8 Å². The Bertz CT molecular complexity index is 2090. The molecule has 0 fully saturated rings. The first-order chi connectivity index (χ1) is 23.6. The van der Waals surface area contributed by atoms with E-state index in [1.54, 1.807) is 0 Å². The minimum Gasteiger partial charge on any atom is -0.189 e. The summed E-state index contributed by atoms with van der Waals surface area (Å²) in [6, 6.07) is 26.9. The molecule has 0 amide bonds. The maximum absolute atomic E-state index is 11.3. The Labute approximate surface area is 308 Å². The van der Waals surface area contributed by atoms with Crippen LogP contribution < -0.4 is 5.30 Å². The van der Waals surface area contributed by atoms with Gasteiger partial charge in [-0.3, -0.25) is 0 Å². The van der Waals surface area contributed by atoms with Crippen molar-refractivity contribution in [3.05, 3.63) is 101 Å². The lowest BCUT2D eigenvalue weighted by molar-refractivity contribution is 0.347. The van der Waals surface area contributed by atoms with Gasteiger partial charge in [0.15, 0.2) is 5.30 Å². The predicted molar refractivity (Wildman–Crippen MR) is 224 cm³/mol. The van der Waals surface area contributed by atoms with Gasteiger partial charge < -0.3 is 0 Å². The van der Waals surface area contributed by atoms with Crippen molar-refractivity contribution in [3.8, 4) is 22.3 Å². The van der Waals surface area contributed by atoms with Gasteiger partial charge >= 0.3 is 7.94 Å². The lowest BCUT2D eigenvalue weighted by Crippen LogP contribution is -2.23. The van der Waals surface area contributed by atoms with Crippen molar-refractivity contribution in [1.29, 1.82) is 0 Å². The number of hydrogen-bond donors (Lipinski definition) is 3. The highest BCUT2D eigenvalue weighted by Gasteiger charge is 2.42. The summed E-state index contributed by atoms with van der Waals surface area (Å²) in [7, 11) is -4.47. The van der Waals surface area contributed by atoms with Gasteiger partial charge in [-0.2, -0.15) is 14.7 Å². The molecule has 0 saturated heterocycles. The molecular weight excluding hydrogens is 643 g/mol.